The molecular formula is C22H25N3O4. The first kappa shape index (κ1) is 21.6. The third-order valence-corrected chi connectivity index (χ3v) is 3.93. The summed E-state index contributed by atoms with van der Waals surface area (Å²) >= 11 is 0. The van der Waals surface area contributed by atoms with Crippen molar-refractivity contribution in [2.75, 3.05) is 25.1 Å². The zero-order chi connectivity index (χ0) is 21.1. The first-order chi connectivity index (χ1) is 14.1. The zero-order valence-corrected chi connectivity index (χ0v) is 16.6. The zero-order valence-electron chi connectivity index (χ0n) is 16.6. The molecular weight excluding hydrogens is 370 g/mol. The molecule has 152 valence electrons. The van der Waals surface area contributed by atoms with Crippen LogP contribution in [0.5, 0.6) is 17.2 Å². The SMILES string of the molecule is CCOc1ccc(CCN/C=C(/C#N)C(=O)Nc2ccccc2O)cc1OCC. The second-order valence-corrected chi connectivity index (χ2v) is 5.99. The summed E-state index contributed by atoms with van der Waals surface area (Å²) in [5, 5.41) is 24.4. The van der Waals surface area contributed by atoms with Gasteiger partial charge in [-0.2, -0.15) is 5.26 Å². The molecule has 2 aromatic carbocycles. The maximum Gasteiger partial charge on any atom is 0.267 e. The Labute approximate surface area is 170 Å². The fraction of sp³-hybridized carbons (Fsp3) is 0.273. The van der Waals surface area contributed by atoms with Gasteiger partial charge in [0.15, 0.2) is 11.5 Å². The minimum Gasteiger partial charge on any atom is -0.506 e. The standard InChI is InChI=1S/C22H25N3O4/c1-3-28-20-10-9-16(13-21(20)29-4-2)11-12-24-15-17(14-23)22(27)25-18-7-5-6-8-19(18)26/h5-10,13,15,24,26H,3-4,11-12H2,1-2H3,(H,25,27)/b17-15-. The van der Waals surface area contributed by atoms with Crippen LogP contribution in [0.4, 0.5) is 5.69 Å². The molecule has 0 atom stereocenters. The summed E-state index contributed by atoms with van der Waals surface area (Å²) in [7, 11) is 0. The molecule has 7 heteroatoms. The van der Waals surface area contributed by atoms with E-state index >= 15 is 0 Å². The average molecular weight is 395 g/mol. The molecule has 0 fully saturated rings. The van der Waals surface area contributed by atoms with Crippen LogP contribution in [0.2, 0.25) is 0 Å². The minimum atomic E-state index is -0.596. The highest BCUT2D eigenvalue weighted by Crippen LogP contribution is 2.28. The van der Waals surface area contributed by atoms with Crippen molar-refractivity contribution < 1.29 is 19.4 Å². The number of phenols is 1. The van der Waals surface area contributed by atoms with E-state index in [9.17, 15) is 15.2 Å². The topological polar surface area (TPSA) is 104 Å². The van der Waals surface area contributed by atoms with E-state index in [0.717, 1.165) is 5.56 Å². The fourth-order valence-corrected chi connectivity index (χ4v) is 2.56. The average Bonchev–Trinajstić information content (AvgIpc) is 2.72. The lowest BCUT2D eigenvalue weighted by atomic mass is 10.1. The Kier molecular flexibility index (Phi) is 8.39. The summed E-state index contributed by atoms with van der Waals surface area (Å²) < 4.78 is 11.2. The number of nitriles is 1. The molecule has 0 aromatic heterocycles. The predicted octanol–water partition coefficient (Wildman–Crippen LogP) is 3.37. The number of nitrogens with zero attached hydrogens (tertiary/aromatic N) is 1. The van der Waals surface area contributed by atoms with E-state index < -0.39 is 5.91 Å². The second kappa shape index (κ2) is 11.2. The number of aromatic hydroxyl groups is 1. The van der Waals surface area contributed by atoms with E-state index in [1.54, 1.807) is 18.2 Å². The summed E-state index contributed by atoms with van der Waals surface area (Å²) in [5.41, 5.74) is 1.20. The van der Waals surface area contributed by atoms with E-state index in [1.807, 2.05) is 38.1 Å². The lowest BCUT2D eigenvalue weighted by molar-refractivity contribution is -0.112. The number of hydrogen-bond donors (Lipinski definition) is 3. The number of para-hydroxylation sites is 2. The van der Waals surface area contributed by atoms with E-state index in [4.69, 9.17) is 9.47 Å². The monoisotopic (exact) mass is 395 g/mol. The van der Waals surface area contributed by atoms with Crippen LogP contribution in [0.3, 0.4) is 0 Å². The summed E-state index contributed by atoms with van der Waals surface area (Å²) in [6.07, 6.45) is 2.04. The Balaban J connectivity index is 1.94. The molecule has 0 saturated carbocycles. The number of amides is 1. The molecule has 0 saturated heterocycles. The van der Waals surface area contributed by atoms with Crippen LogP contribution >= 0.6 is 0 Å². The van der Waals surface area contributed by atoms with Gasteiger partial charge in [-0.05, 0) is 50.1 Å². The molecule has 0 aliphatic heterocycles. The van der Waals surface area contributed by atoms with Crippen LogP contribution < -0.4 is 20.1 Å². The van der Waals surface area contributed by atoms with Crippen molar-refractivity contribution >= 4 is 11.6 Å². The summed E-state index contributed by atoms with van der Waals surface area (Å²) in [4.78, 5) is 12.2. The van der Waals surface area contributed by atoms with E-state index in [2.05, 4.69) is 10.6 Å². The molecule has 2 rings (SSSR count). The number of anilines is 1. The Morgan fingerprint density at radius 2 is 1.86 bits per heavy atom. The lowest BCUT2D eigenvalue weighted by Gasteiger charge is -2.12. The highest BCUT2D eigenvalue weighted by atomic mass is 16.5. The molecule has 0 bridgehead atoms. The number of carbonyl (C=O) groups is 1. The smallest absolute Gasteiger partial charge is 0.267 e. The number of hydrogen-bond acceptors (Lipinski definition) is 6. The van der Waals surface area contributed by atoms with Gasteiger partial charge in [0.05, 0.1) is 18.9 Å². The van der Waals surface area contributed by atoms with Crippen molar-refractivity contribution in [1.82, 2.24) is 5.32 Å². The quantitative estimate of drug-likeness (QED) is 0.247. The number of benzene rings is 2. The fourth-order valence-electron chi connectivity index (χ4n) is 2.56. The van der Waals surface area contributed by atoms with Crippen molar-refractivity contribution in [1.29, 1.82) is 5.26 Å². The normalized spacial score (nSPS) is 10.7. The Morgan fingerprint density at radius 3 is 2.55 bits per heavy atom. The number of nitrogens with one attached hydrogen (secondary N) is 2. The Bertz CT molecular complexity index is 903. The van der Waals surface area contributed by atoms with Crippen molar-refractivity contribution in [3.8, 4) is 23.3 Å². The third kappa shape index (κ3) is 6.47. The number of ether oxygens (including phenoxy) is 2. The van der Waals surface area contributed by atoms with Gasteiger partial charge in [0.1, 0.15) is 17.4 Å². The van der Waals surface area contributed by atoms with Crippen molar-refractivity contribution in [3.63, 3.8) is 0 Å². The molecule has 0 spiro atoms. The van der Waals surface area contributed by atoms with Crippen LogP contribution in [0, 0.1) is 11.3 Å². The highest BCUT2D eigenvalue weighted by molar-refractivity contribution is 6.07. The molecule has 29 heavy (non-hydrogen) atoms. The Hall–Kier alpha value is -3.66. The Morgan fingerprint density at radius 1 is 1.14 bits per heavy atom. The van der Waals surface area contributed by atoms with Gasteiger partial charge in [0, 0.05) is 12.7 Å². The molecule has 1 amide bonds. The summed E-state index contributed by atoms with van der Waals surface area (Å²) in [6.45, 7) is 5.46. The molecule has 0 aliphatic carbocycles. The molecule has 0 aliphatic rings. The largest absolute Gasteiger partial charge is 0.506 e. The van der Waals surface area contributed by atoms with Crippen LogP contribution in [-0.4, -0.2) is 30.8 Å². The molecule has 0 unspecified atom stereocenters. The van der Waals surface area contributed by atoms with Crippen molar-refractivity contribution in [2.45, 2.75) is 20.3 Å². The molecule has 0 radical (unpaired) electrons. The van der Waals surface area contributed by atoms with Crippen LogP contribution in [0.1, 0.15) is 19.4 Å². The van der Waals surface area contributed by atoms with Gasteiger partial charge < -0.3 is 25.2 Å². The molecule has 7 nitrogen and oxygen atoms in total. The summed E-state index contributed by atoms with van der Waals surface area (Å²) in [6, 6.07) is 13.9. The lowest BCUT2D eigenvalue weighted by Crippen LogP contribution is -2.18. The number of rotatable bonds is 10. The van der Waals surface area contributed by atoms with Crippen LogP contribution in [-0.2, 0) is 11.2 Å². The second-order valence-electron chi connectivity index (χ2n) is 5.99. The van der Waals surface area contributed by atoms with Gasteiger partial charge in [-0.3, -0.25) is 4.79 Å². The van der Waals surface area contributed by atoms with Gasteiger partial charge in [-0.15, -0.1) is 0 Å². The van der Waals surface area contributed by atoms with Gasteiger partial charge in [0.25, 0.3) is 5.91 Å². The van der Waals surface area contributed by atoms with E-state index in [1.165, 1.54) is 12.3 Å². The van der Waals surface area contributed by atoms with Gasteiger partial charge in [0.2, 0.25) is 0 Å². The van der Waals surface area contributed by atoms with E-state index in [0.29, 0.717) is 37.7 Å². The van der Waals surface area contributed by atoms with Crippen molar-refractivity contribution in [3.05, 3.63) is 59.8 Å². The highest BCUT2D eigenvalue weighted by Gasteiger charge is 2.11. The molecule has 0 heterocycles. The van der Waals surface area contributed by atoms with Crippen LogP contribution in [0.15, 0.2) is 54.2 Å². The molecule has 2 aromatic rings. The number of phenolic OH excluding ortho intramolecular Hbond substituents is 1. The first-order valence-electron chi connectivity index (χ1n) is 9.40. The van der Waals surface area contributed by atoms with Gasteiger partial charge in [-0.1, -0.05) is 18.2 Å². The third-order valence-electron chi connectivity index (χ3n) is 3.93. The summed E-state index contributed by atoms with van der Waals surface area (Å²) in [5.74, 6) is 0.744. The minimum absolute atomic E-state index is 0.0632. The van der Waals surface area contributed by atoms with Gasteiger partial charge in [-0.25, -0.2) is 0 Å². The predicted molar refractivity (Wildman–Crippen MR) is 111 cm³/mol. The maximum absolute atomic E-state index is 12.2. The maximum atomic E-state index is 12.2. The number of carbonyl (C=O) groups excluding carboxylic acids is 1. The van der Waals surface area contributed by atoms with Crippen LogP contribution in [0.25, 0.3) is 0 Å². The molecule has 3 N–H and O–H groups in total. The van der Waals surface area contributed by atoms with Gasteiger partial charge >= 0.3 is 0 Å². The van der Waals surface area contributed by atoms with Crippen molar-refractivity contribution in [2.24, 2.45) is 0 Å². The van der Waals surface area contributed by atoms with E-state index in [-0.39, 0.29) is 17.0 Å². The first-order valence-corrected chi connectivity index (χ1v) is 9.40.